The average molecular weight is 344 g/mol. The smallest absolute Gasteiger partial charge is 0.334 e. The van der Waals surface area contributed by atoms with Gasteiger partial charge in [-0.1, -0.05) is 30.3 Å². The van der Waals surface area contributed by atoms with Gasteiger partial charge in [-0.05, 0) is 32.4 Å². The van der Waals surface area contributed by atoms with E-state index in [0.29, 0.717) is 5.56 Å². The third-order valence-corrected chi connectivity index (χ3v) is 4.41. The number of hydrogen-bond donors (Lipinski definition) is 2. The number of nitrogens with one attached hydrogen (secondary N) is 1. The summed E-state index contributed by atoms with van der Waals surface area (Å²) in [5.74, 6) is -1.41. The largest absolute Gasteiger partial charge is 0.479 e. The second-order valence-corrected chi connectivity index (χ2v) is 6.01. The number of methoxy groups -OCH3 is 1. The Bertz CT molecular complexity index is 752. The zero-order valence-electron chi connectivity index (χ0n) is 14.9. The molecule has 2 unspecified atom stereocenters. The van der Waals surface area contributed by atoms with E-state index in [1.54, 1.807) is 0 Å². The number of nitrogens with zero attached hydrogens (tertiary/aromatic N) is 1. The minimum absolute atomic E-state index is 0.0808. The van der Waals surface area contributed by atoms with Gasteiger partial charge in [0.15, 0.2) is 6.10 Å². The summed E-state index contributed by atoms with van der Waals surface area (Å²) in [5, 5.41) is 11.6. The van der Waals surface area contributed by atoms with Crippen LogP contribution >= 0.6 is 0 Å². The number of carbonyl (C=O) groups is 2. The third kappa shape index (κ3) is 4.09. The molecule has 1 amide bonds. The van der Waals surface area contributed by atoms with Crippen LogP contribution in [0.5, 0.6) is 0 Å². The lowest BCUT2D eigenvalue weighted by atomic mass is 10.1. The highest BCUT2D eigenvalue weighted by Gasteiger charge is 2.22. The number of amides is 1. The fourth-order valence-electron chi connectivity index (χ4n) is 3.04. The van der Waals surface area contributed by atoms with Crippen LogP contribution in [0.4, 0.5) is 0 Å². The molecule has 0 saturated carbocycles. The van der Waals surface area contributed by atoms with Crippen molar-refractivity contribution in [2.24, 2.45) is 0 Å². The summed E-state index contributed by atoms with van der Waals surface area (Å²) in [6.07, 6.45) is -1.06. The average Bonchev–Trinajstić information content (AvgIpc) is 2.89. The van der Waals surface area contributed by atoms with Crippen LogP contribution < -0.4 is 5.32 Å². The van der Waals surface area contributed by atoms with Crippen LogP contribution in [-0.2, 0) is 9.53 Å². The van der Waals surface area contributed by atoms with Gasteiger partial charge in [-0.25, -0.2) is 4.79 Å². The Kier molecular flexibility index (Phi) is 5.98. The third-order valence-electron chi connectivity index (χ3n) is 4.41. The van der Waals surface area contributed by atoms with E-state index in [1.807, 2.05) is 38.1 Å². The molecule has 1 aromatic carbocycles. The van der Waals surface area contributed by atoms with E-state index in [4.69, 9.17) is 9.84 Å². The number of carbonyl (C=O) groups excluding carboxylic acids is 1. The van der Waals surface area contributed by atoms with Gasteiger partial charge in [0.05, 0.1) is 18.2 Å². The summed E-state index contributed by atoms with van der Waals surface area (Å²) >= 11 is 0. The van der Waals surface area contributed by atoms with Crippen molar-refractivity contribution in [1.82, 2.24) is 9.88 Å². The Balaban J connectivity index is 2.21. The molecule has 2 atom stereocenters. The Hall–Kier alpha value is -2.60. The molecule has 0 radical (unpaired) electrons. The predicted molar refractivity (Wildman–Crippen MR) is 94.9 cm³/mol. The number of aliphatic carboxylic acids is 1. The highest BCUT2D eigenvalue weighted by Crippen LogP contribution is 2.25. The molecule has 0 aliphatic rings. The van der Waals surface area contributed by atoms with Crippen molar-refractivity contribution in [3.8, 4) is 0 Å². The van der Waals surface area contributed by atoms with Gasteiger partial charge in [0, 0.05) is 18.5 Å². The number of benzene rings is 1. The van der Waals surface area contributed by atoms with Crippen molar-refractivity contribution >= 4 is 11.9 Å². The lowest BCUT2D eigenvalue weighted by Crippen LogP contribution is -2.38. The minimum atomic E-state index is -1.11. The monoisotopic (exact) mass is 344 g/mol. The van der Waals surface area contributed by atoms with Crippen molar-refractivity contribution < 1.29 is 19.4 Å². The molecule has 6 heteroatoms. The minimum Gasteiger partial charge on any atom is -0.479 e. The zero-order valence-corrected chi connectivity index (χ0v) is 14.9. The maximum atomic E-state index is 12.5. The first-order valence-electron chi connectivity index (χ1n) is 8.14. The molecule has 0 fully saturated rings. The number of aromatic nitrogens is 1. The molecule has 25 heavy (non-hydrogen) atoms. The first kappa shape index (κ1) is 18.7. The number of carboxylic acid groups (broad SMARTS) is 1. The summed E-state index contributed by atoms with van der Waals surface area (Å²) in [4.78, 5) is 23.4. The number of carboxylic acids is 1. The van der Waals surface area contributed by atoms with Gasteiger partial charge in [-0.3, -0.25) is 4.79 Å². The fraction of sp³-hybridized carbons (Fsp3) is 0.368. The van der Waals surface area contributed by atoms with Gasteiger partial charge in [0.2, 0.25) is 0 Å². The summed E-state index contributed by atoms with van der Waals surface area (Å²) in [6, 6.07) is 12.0. The molecule has 0 aliphatic heterocycles. The molecule has 2 rings (SSSR count). The molecular formula is C19H24N2O4. The van der Waals surface area contributed by atoms with Crippen molar-refractivity contribution in [1.29, 1.82) is 0 Å². The quantitative estimate of drug-likeness (QED) is 0.809. The molecule has 0 saturated heterocycles. The zero-order chi connectivity index (χ0) is 18.6. The normalized spacial score (nSPS) is 13.3. The highest BCUT2D eigenvalue weighted by atomic mass is 16.5. The lowest BCUT2D eigenvalue weighted by Gasteiger charge is -2.19. The SMILES string of the molecule is COC(CNC(=O)c1cc(C)n(C(C)c2ccccc2)c1C)C(=O)O. The van der Waals surface area contributed by atoms with Crippen LogP contribution in [0.15, 0.2) is 36.4 Å². The second-order valence-electron chi connectivity index (χ2n) is 6.01. The summed E-state index contributed by atoms with van der Waals surface area (Å²) in [5.41, 5.74) is 3.51. The van der Waals surface area contributed by atoms with Crippen molar-refractivity contribution in [3.63, 3.8) is 0 Å². The van der Waals surface area contributed by atoms with E-state index in [2.05, 4.69) is 28.9 Å². The topological polar surface area (TPSA) is 80.6 Å². The molecule has 0 aliphatic carbocycles. The number of rotatable bonds is 7. The van der Waals surface area contributed by atoms with Crippen molar-refractivity contribution in [2.45, 2.75) is 32.9 Å². The molecule has 1 aromatic heterocycles. The fourth-order valence-corrected chi connectivity index (χ4v) is 3.04. The first-order chi connectivity index (χ1) is 11.9. The summed E-state index contributed by atoms with van der Waals surface area (Å²) in [7, 11) is 1.30. The molecular weight excluding hydrogens is 320 g/mol. The van der Waals surface area contributed by atoms with Crippen LogP contribution in [0.25, 0.3) is 0 Å². The van der Waals surface area contributed by atoms with E-state index >= 15 is 0 Å². The van der Waals surface area contributed by atoms with E-state index in [9.17, 15) is 9.59 Å². The summed E-state index contributed by atoms with van der Waals surface area (Å²) in [6.45, 7) is 5.86. The molecule has 1 heterocycles. The molecule has 0 bridgehead atoms. The van der Waals surface area contributed by atoms with Gasteiger partial charge in [-0.15, -0.1) is 0 Å². The number of aryl methyl sites for hydroxylation is 1. The van der Waals surface area contributed by atoms with Gasteiger partial charge >= 0.3 is 5.97 Å². The Morgan fingerprint density at radius 2 is 1.88 bits per heavy atom. The first-order valence-corrected chi connectivity index (χ1v) is 8.14. The van der Waals surface area contributed by atoms with E-state index in [0.717, 1.165) is 17.0 Å². The lowest BCUT2D eigenvalue weighted by molar-refractivity contribution is -0.148. The van der Waals surface area contributed by atoms with Gasteiger partial charge in [0.1, 0.15) is 0 Å². The molecule has 134 valence electrons. The van der Waals surface area contributed by atoms with Gasteiger partial charge in [0.25, 0.3) is 5.91 Å². The summed E-state index contributed by atoms with van der Waals surface area (Å²) < 4.78 is 6.94. The highest BCUT2D eigenvalue weighted by molar-refractivity contribution is 5.96. The van der Waals surface area contributed by atoms with E-state index in [1.165, 1.54) is 7.11 Å². The van der Waals surface area contributed by atoms with Crippen LogP contribution in [0.1, 0.15) is 40.3 Å². The van der Waals surface area contributed by atoms with Crippen molar-refractivity contribution in [2.75, 3.05) is 13.7 Å². The Morgan fingerprint density at radius 1 is 1.24 bits per heavy atom. The molecule has 2 aromatic rings. The number of hydrogen-bond acceptors (Lipinski definition) is 3. The Morgan fingerprint density at radius 3 is 2.44 bits per heavy atom. The van der Waals surface area contributed by atoms with Gasteiger partial charge < -0.3 is 19.7 Å². The van der Waals surface area contributed by atoms with E-state index in [-0.39, 0.29) is 18.5 Å². The molecule has 2 N–H and O–H groups in total. The van der Waals surface area contributed by atoms with Crippen LogP contribution in [0.3, 0.4) is 0 Å². The van der Waals surface area contributed by atoms with Crippen LogP contribution in [0, 0.1) is 13.8 Å². The van der Waals surface area contributed by atoms with Gasteiger partial charge in [-0.2, -0.15) is 0 Å². The van der Waals surface area contributed by atoms with Crippen LogP contribution in [-0.4, -0.2) is 41.3 Å². The van der Waals surface area contributed by atoms with Crippen molar-refractivity contribution in [3.05, 3.63) is 58.9 Å². The van der Waals surface area contributed by atoms with Crippen LogP contribution in [0.2, 0.25) is 0 Å². The molecule has 6 nitrogen and oxygen atoms in total. The maximum Gasteiger partial charge on any atom is 0.334 e. The second kappa shape index (κ2) is 7.98. The standard InChI is InChI=1S/C19H24N2O4/c1-12-10-16(18(22)20-11-17(25-4)19(23)24)14(3)21(12)13(2)15-8-6-5-7-9-15/h5-10,13,17H,11H2,1-4H3,(H,20,22)(H,23,24). The Labute approximate surface area is 147 Å². The predicted octanol–water partition coefficient (Wildman–Crippen LogP) is 2.54. The maximum absolute atomic E-state index is 12.5. The molecule has 0 spiro atoms. The van der Waals surface area contributed by atoms with E-state index < -0.39 is 12.1 Å². The number of ether oxygens (including phenoxy) is 1.